The molecule has 0 unspecified atom stereocenters. The van der Waals surface area contributed by atoms with E-state index in [2.05, 4.69) is 26.1 Å². The first-order valence-corrected chi connectivity index (χ1v) is 5.90. The Bertz CT molecular complexity index is 339. The Balaban J connectivity index is 2.28. The van der Waals surface area contributed by atoms with Crippen molar-refractivity contribution in [3.8, 4) is 0 Å². The summed E-state index contributed by atoms with van der Waals surface area (Å²) in [4.78, 5) is 13.5. The van der Waals surface area contributed by atoms with E-state index < -0.39 is 0 Å². The lowest BCUT2D eigenvalue weighted by Gasteiger charge is -2.21. The second kappa shape index (κ2) is 5.87. The Labute approximate surface area is 103 Å². The smallest absolute Gasteiger partial charge is 0.223 e. The van der Waals surface area contributed by atoms with E-state index in [1.54, 1.807) is 18.2 Å². The summed E-state index contributed by atoms with van der Waals surface area (Å²) in [6.07, 6.45) is 2.13. The molecule has 1 amide bonds. The van der Waals surface area contributed by atoms with Gasteiger partial charge in [0.1, 0.15) is 5.76 Å². The number of furan rings is 1. The average Bonchev–Trinajstić information content (AvgIpc) is 2.68. The van der Waals surface area contributed by atoms with E-state index in [1.807, 2.05) is 12.1 Å². The molecule has 4 heteroatoms. The summed E-state index contributed by atoms with van der Waals surface area (Å²) in [6.45, 7) is 7.49. The third-order valence-corrected chi connectivity index (χ3v) is 2.39. The van der Waals surface area contributed by atoms with Crippen molar-refractivity contribution in [2.24, 2.45) is 0 Å². The second-order valence-corrected chi connectivity index (χ2v) is 5.26. The van der Waals surface area contributed by atoms with E-state index in [9.17, 15) is 4.79 Å². The van der Waals surface area contributed by atoms with Crippen LogP contribution in [0.25, 0.3) is 0 Å². The molecule has 0 aliphatic heterocycles. The van der Waals surface area contributed by atoms with Gasteiger partial charge < -0.3 is 14.6 Å². The molecule has 0 saturated carbocycles. The maximum Gasteiger partial charge on any atom is 0.223 e. The zero-order valence-electron chi connectivity index (χ0n) is 11.1. The van der Waals surface area contributed by atoms with Gasteiger partial charge in [-0.3, -0.25) is 4.79 Å². The minimum Gasteiger partial charge on any atom is -0.467 e. The first-order chi connectivity index (χ1) is 7.88. The van der Waals surface area contributed by atoms with Crippen molar-refractivity contribution in [1.82, 2.24) is 10.2 Å². The van der Waals surface area contributed by atoms with Gasteiger partial charge in [-0.15, -0.1) is 0 Å². The van der Waals surface area contributed by atoms with Gasteiger partial charge in [0.2, 0.25) is 5.91 Å². The number of hydrogen-bond acceptors (Lipinski definition) is 3. The molecule has 96 valence electrons. The lowest BCUT2D eigenvalue weighted by Crippen LogP contribution is -2.38. The van der Waals surface area contributed by atoms with Crippen molar-refractivity contribution in [3.63, 3.8) is 0 Å². The number of carbonyl (C=O) groups excluding carboxylic acids is 1. The third-order valence-electron chi connectivity index (χ3n) is 2.39. The highest BCUT2D eigenvalue weighted by Crippen LogP contribution is 2.05. The highest BCUT2D eigenvalue weighted by molar-refractivity contribution is 5.75. The van der Waals surface area contributed by atoms with Gasteiger partial charge in [0, 0.05) is 25.6 Å². The molecule has 0 fully saturated rings. The molecule has 0 saturated heterocycles. The van der Waals surface area contributed by atoms with Gasteiger partial charge in [-0.1, -0.05) is 0 Å². The molecular weight excluding hydrogens is 216 g/mol. The molecule has 0 aliphatic carbocycles. The van der Waals surface area contributed by atoms with Gasteiger partial charge in [0.25, 0.3) is 0 Å². The van der Waals surface area contributed by atoms with Gasteiger partial charge in [-0.05, 0) is 32.9 Å². The molecule has 1 aromatic heterocycles. The summed E-state index contributed by atoms with van der Waals surface area (Å²) in [5.74, 6) is 0.933. The molecule has 4 nitrogen and oxygen atoms in total. The maximum absolute atomic E-state index is 11.8. The fraction of sp³-hybridized carbons (Fsp3) is 0.615. The lowest BCUT2D eigenvalue weighted by molar-refractivity contribution is -0.130. The fourth-order valence-electron chi connectivity index (χ4n) is 1.46. The van der Waals surface area contributed by atoms with Gasteiger partial charge in [-0.2, -0.15) is 0 Å². The summed E-state index contributed by atoms with van der Waals surface area (Å²) in [7, 11) is 1.79. The number of nitrogens with zero attached hydrogens (tertiary/aromatic N) is 1. The molecule has 0 radical (unpaired) electrons. The Morgan fingerprint density at radius 3 is 2.71 bits per heavy atom. The van der Waals surface area contributed by atoms with Crippen LogP contribution in [0.15, 0.2) is 22.8 Å². The first-order valence-electron chi connectivity index (χ1n) is 5.90. The third kappa shape index (κ3) is 5.54. The van der Waals surface area contributed by atoms with Crippen LogP contribution in [0.2, 0.25) is 0 Å². The van der Waals surface area contributed by atoms with E-state index >= 15 is 0 Å². The van der Waals surface area contributed by atoms with Crippen LogP contribution in [0.4, 0.5) is 0 Å². The summed E-state index contributed by atoms with van der Waals surface area (Å²) in [5, 5.41) is 3.30. The molecule has 0 aromatic carbocycles. The van der Waals surface area contributed by atoms with Gasteiger partial charge in [0.15, 0.2) is 0 Å². The SMILES string of the molecule is CN(Cc1ccco1)C(=O)CCNC(C)(C)C. The summed E-state index contributed by atoms with van der Waals surface area (Å²) >= 11 is 0. The van der Waals surface area contributed by atoms with Crippen molar-refractivity contribution < 1.29 is 9.21 Å². The van der Waals surface area contributed by atoms with Crippen LogP contribution >= 0.6 is 0 Å². The number of nitrogens with one attached hydrogen (secondary N) is 1. The number of hydrogen-bond donors (Lipinski definition) is 1. The fourth-order valence-corrected chi connectivity index (χ4v) is 1.46. The highest BCUT2D eigenvalue weighted by Gasteiger charge is 2.13. The van der Waals surface area contributed by atoms with Gasteiger partial charge in [-0.25, -0.2) is 0 Å². The predicted octanol–water partition coefficient (Wildman–Crippen LogP) is 2.02. The van der Waals surface area contributed by atoms with E-state index in [4.69, 9.17) is 4.42 Å². The topological polar surface area (TPSA) is 45.5 Å². The summed E-state index contributed by atoms with van der Waals surface area (Å²) in [5.41, 5.74) is 0.0554. The Morgan fingerprint density at radius 1 is 1.47 bits per heavy atom. The van der Waals surface area contributed by atoms with E-state index in [0.717, 1.165) is 5.76 Å². The molecule has 1 heterocycles. The van der Waals surface area contributed by atoms with Crippen molar-refractivity contribution in [2.45, 2.75) is 39.3 Å². The Morgan fingerprint density at radius 2 is 2.18 bits per heavy atom. The quantitative estimate of drug-likeness (QED) is 0.853. The van der Waals surface area contributed by atoms with Gasteiger partial charge in [0.05, 0.1) is 12.8 Å². The Hall–Kier alpha value is -1.29. The average molecular weight is 238 g/mol. The van der Waals surface area contributed by atoms with Crippen molar-refractivity contribution in [2.75, 3.05) is 13.6 Å². The highest BCUT2D eigenvalue weighted by atomic mass is 16.3. The van der Waals surface area contributed by atoms with Crippen LogP contribution in [0.3, 0.4) is 0 Å². The zero-order chi connectivity index (χ0) is 12.9. The van der Waals surface area contributed by atoms with E-state index in [-0.39, 0.29) is 11.4 Å². The molecule has 1 N–H and O–H groups in total. The van der Waals surface area contributed by atoms with Crippen molar-refractivity contribution in [3.05, 3.63) is 24.2 Å². The molecule has 0 spiro atoms. The number of rotatable bonds is 5. The number of carbonyl (C=O) groups is 1. The van der Waals surface area contributed by atoms with E-state index in [1.165, 1.54) is 0 Å². The summed E-state index contributed by atoms with van der Waals surface area (Å²) in [6, 6.07) is 3.70. The maximum atomic E-state index is 11.8. The van der Waals surface area contributed by atoms with Crippen LogP contribution in [0.1, 0.15) is 33.0 Å². The second-order valence-electron chi connectivity index (χ2n) is 5.26. The molecule has 0 bridgehead atoms. The normalized spacial score (nSPS) is 11.5. The largest absolute Gasteiger partial charge is 0.467 e. The zero-order valence-corrected chi connectivity index (χ0v) is 11.1. The monoisotopic (exact) mass is 238 g/mol. The van der Waals surface area contributed by atoms with Crippen LogP contribution in [0, 0.1) is 0 Å². The molecule has 17 heavy (non-hydrogen) atoms. The predicted molar refractivity (Wildman–Crippen MR) is 67.6 cm³/mol. The van der Waals surface area contributed by atoms with Crippen LogP contribution < -0.4 is 5.32 Å². The van der Waals surface area contributed by atoms with Crippen molar-refractivity contribution >= 4 is 5.91 Å². The minimum atomic E-state index is 0.0554. The van der Waals surface area contributed by atoms with Crippen LogP contribution in [0.5, 0.6) is 0 Å². The van der Waals surface area contributed by atoms with Gasteiger partial charge >= 0.3 is 0 Å². The standard InChI is InChI=1S/C13H22N2O2/c1-13(2,3)14-8-7-12(16)15(4)10-11-6-5-9-17-11/h5-6,9,14H,7-8,10H2,1-4H3. The van der Waals surface area contributed by atoms with Crippen LogP contribution in [-0.2, 0) is 11.3 Å². The number of amides is 1. The summed E-state index contributed by atoms with van der Waals surface area (Å²) < 4.78 is 5.20. The van der Waals surface area contributed by atoms with E-state index in [0.29, 0.717) is 19.5 Å². The molecule has 0 aliphatic rings. The first kappa shape index (κ1) is 13.8. The molecule has 1 rings (SSSR count). The Kier molecular flexibility index (Phi) is 4.75. The molecule has 1 aromatic rings. The lowest BCUT2D eigenvalue weighted by atomic mass is 10.1. The minimum absolute atomic E-state index is 0.0554. The van der Waals surface area contributed by atoms with Crippen molar-refractivity contribution in [1.29, 1.82) is 0 Å². The van der Waals surface area contributed by atoms with Crippen LogP contribution in [-0.4, -0.2) is 29.9 Å². The molecular formula is C13H22N2O2. The molecule has 0 atom stereocenters.